The first kappa shape index (κ1) is 21.2. The van der Waals surface area contributed by atoms with E-state index in [1.807, 2.05) is 0 Å². The predicted octanol–water partition coefficient (Wildman–Crippen LogP) is 2.06. The van der Waals surface area contributed by atoms with E-state index >= 15 is 0 Å². The van der Waals surface area contributed by atoms with Crippen LogP contribution in [0.3, 0.4) is 0 Å². The number of methoxy groups -OCH3 is 1. The molecule has 2 aromatic rings. The number of nitrogens with one attached hydrogen (secondary N) is 2. The Balaban J connectivity index is 2.24. The summed E-state index contributed by atoms with van der Waals surface area (Å²) in [5, 5.41) is 9.42. The number of rotatable bonds is 8. The van der Waals surface area contributed by atoms with E-state index in [0.29, 0.717) is 17.9 Å². The molecule has 0 aliphatic carbocycles. The SMILES string of the molecule is COc1cc(-c2onc(N(C)C)c2C(=O)NCCNC(=O)C(C)C)ccc1F. The molecule has 28 heavy (non-hydrogen) atoms. The van der Waals surface area contributed by atoms with Gasteiger partial charge >= 0.3 is 0 Å². The largest absolute Gasteiger partial charge is 0.494 e. The number of carbonyl (C=O) groups is 2. The van der Waals surface area contributed by atoms with Crippen molar-refractivity contribution in [2.45, 2.75) is 13.8 Å². The maximum Gasteiger partial charge on any atom is 0.259 e. The second kappa shape index (κ2) is 9.20. The Morgan fingerprint density at radius 3 is 2.54 bits per heavy atom. The fraction of sp³-hybridized carbons (Fsp3) is 0.421. The van der Waals surface area contributed by atoms with Gasteiger partial charge in [-0.3, -0.25) is 9.59 Å². The molecular weight excluding hydrogens is 367 g/mol. The van der Waals surface area contributed by atoms with Crippen LogP contribution < -0.4 is 20.3 Å². The maximum atomic E-state index is 13.7. The molecule has 1 heterocycles. The Kier molecular flexibility index (Phi) is 6.97. The van der Waals surface area contributed by atoms with Gasteiger partial charge in [0.15, 0.2) is 23.1 Å². The van der Waals surface area contributed by atoms with E-state index in [0.717, 1.165) is 0 Å². The highest BCUT2D eigenvalue weighted by Crippen LogP contribution is 2.33. The lowest BCUT2D eigenvalue weighted by Gasteiger charge is -2.12. The first-order chi connectivity index (χ1) is 13.3. The van der Waals surface area contributed by atoms with Crippen LogP contribution in [0.2, 0.25) is 0 Å². The quantitative estimate of drug-likeness (QED) is 0.668. The van der Waals surface area contributed by atoms with Crippen molar-refractivity contribution in [3.05, 3.63) is 29.6 Å². The van der Waals surface area contributed by atoms with Crippen LogP contribution in [0.25, 0.3) is 11.3 Å². The zero-order valence-electron chi connectivity index (χ0n) is 16.6. The van der Waals surface area contributed by atoms with Gasteiger partial charge in [0.1, 0.15) is 5.56 Å². The van der Waals surface area contributed by atoms with Gasteiger partial charge in [-0.25, -0.2) is 4.39 Å². The normalized spacial score (nSPS) is 10.7. The molecule has 9 heteroatoms. The fourth-order valence-corrected chi connectivity index (χ4v) is 2.44. The summed E-state index contributed by atoms with van der Waals surface area (Å²) in [5.74, 6) is -0.593. The number of nitrogens with zero attached hydrogens (tertiary/aromatic N) is 2. The van der Waals surface area contributed by atoms with Crippen molar-refractivity contribution < 1.29 is 23.2 Å². The lowest BCUT2D eigenvalue weighted by atomic mass is 10.1. The number of ether oxygens (including phenoxy) is 1. The highest BCUT2D eigenvalue weighted by molar-refractivity contribution is 6.04. The first-order valence-electron chi connectivity index (χ1n) is 8.83. The second-order valence-corrected chi connectivity index (χ2v) is 6.66. The van der Waals surface area contributed by atoms with Crippen LogP contribution in [0.5, 0.6) is 5.75 Å². The Morgan fingerprint density at radius 1 is 1.25 bits per heavy atom. The number of hydrogen-bond donors (Lipinski definition) is 2. The molecule has 1 aromatic heterocycles. The molecule has 0 atom stereocenters. The van der Waals surface area contributed by atoms with Crippen molar-refractivity contribution in [3.8, 4) is 17.1 Å². The topological polar surface area (TPSA) is 96.7 Å². The van der Waals surface area contributed by atoms with Gasteiger partial charge in [-0.15, -0.1) is 0 Å². The van der Waals surface area contributed by atoms with Gasteiger partial charge in [-0.1, -0.05) is 19.0 Å². The molecule has 2 amide bonds. The van der Waals surface area contributed by atoms with Crippen LogP contribution in [0, 0.1) is 11.7 Å². The molecule has 0 saturated heterocycles. The molecule has 0 aliphatic rings. The summed E-state index contributed by atoms with van der Waals surface area (Å²) < 4.78 is 24.1. The smallest absolute Gasteiger partial charge is 0.259 e. The van der Waals surface area contributed by atoms with Crippen molar-refractivity contribution >= 4 is 17.6 Å². The Bertz CT molecular complexity index is 848. The van der Waals surface area contributed by atoms with Gasteiger partial charge in [-0.2, -0.15) is 0 Å². The molecular formula is C19H25FN4O4. The van der Waals surface area contributed by atoms with E-state index in [4.69, 9.17) is 9.26 Å². The summed E-state index contributed by atoms with van der Waals surface area (Å²) in [6.07, 6.45) is 0. The highest BCUT2D eigenvalue weighted by Gasteiger charge is 2.26. The molecule has 0 unspecified atom stereocenters. The summed E-state index contributed by atoms with van der Waals surface area (Å²) in [7, 11) is 4.81. The third kappa shape index (κ3) is 4.79. The van der Waals surface area contributed by atoms with Gasteiger partial charge in [0.2, 0.25) is 5.91 Å². The lowest BCUT2D eigenvalue weighted by Crippen LogP contribution is -2.36. The average Bonchev–Trinajstić information content (AvgIpc) is 3.10. The van der Waals surface area contributed by atoms with Crippen LogP contribution in [-0.4, -0.2) is 51.3 Å². The monoisotopic (exact) mass is 392 g/mol. The number of anilines is 1. The molecule has 0 radical (unpaired) electrons. The Morgan fingerprint density at radius 2 is 1.93 bits per heavy atom. The number of halogens is 1. The molecule has 0 fully saturated rings. The Labute approximate surface area is 163 Å². The van der Waals surface area contributed by atoms with Gasteiger partial charge < -0.3 is 24.8 Å². The van der Waals surface area contributed by atoms with E-state index in [1.54, 1.807) is 32.8 Å². The number of hydrogen-bond acceptors (Lipinski definition) is 6. The van der Waals surface area contributed by atoms with Crippen LogP contribution >= 0.6 is 0 Å². The average molecular weight is 392 g/mol. The van der Waals surface area contributed by atoms with Crippen molar-refractivity contribution in [1.82, 2.24) is 15.8 Å². The van der Waals surface area contributed by atoms with E-state index in [-0.39, 0.29) is 35.4 Å². The van der Waals surface area contributed by atoms with Crippen LogP contribution in [0.4, 0.5) is 10.2 Å². The number of aromatic nitrogens is 1. The third-order valence-electron chi connectivity index (χ3n) is 3.97. The number of carbonyl (C=O) groups excluding carboxylic acids is 2. The summed E-state index contributed by atoms with van der Waals surface area (Å²) in [4.78, 5) is 26.0. The predicted molar refractivity (Wildman–Crippen MR) is 103 cm³/mol. The molecule has 0 saturated carbocycles. The lowest BCUT2D eigenvalue weighted by molar-refractivity contribution is -0.123. The molecule has 0 spiro atoms. The first-order valence-corrected chi connectivity index (χ1v) is 8.83. The second-order valence-electron chi connectivity index (χ2n) is 6.66. The number of benzene rings is 1. The molecule has 8 nitrogen and oxygen atoms in total. The third-order valence-corrected chi connectivity index (χ3v) is 3.97. The van der Waals surface area contributed by atoms with Gasteiger partial charge in [0.05, 0.1) is 7.11 Å². The molecule has 2 N–H and O–H groups in total. The van der Waals surface area contributed by atoms with E-state index in [9.17, 15) is 14.0 Å². The van der Waals surface area contributed by atoms with Gasteiger partial charge in [0.25, 0.3) is 5.91 Å². The standard InChI is InChI=1S/C19H25FN4O4/c1-11(2)18(25)21-8-9-22-19(26)15-16(28-23-17(15)24(3)4)12-6-7-13(20)14(10-12)27-5/h6-7,10-11H,8-9H2,1-5H3,(H,21,25)(H,22,26). The van der Waals surface area contributed by atoms with E-state index < -0.39 is 11.7 Å². The van der Waals surface area contributed by atoms with Crippen molar-refractivity contribution in [3.63, 3.8) is 0 Å². The number of amides is 2. The van der Waals surface area contributed by atoms with Crippen molar-refractivity contribution in [2.24, 2.45) is 5.92 Å². The molecule has 0 bridgehead atoms. The van der Waals surface area contributed by atoms with E-state index in [2.05, 4.69) is 15.8 Å². The minimum Gasteiger partial charge on any atom is -0.494 e. The molecule has 0 aliphatic heterocycles. The minimum atomic E-state index is -0.523. The van der Waals surface area contributed by atoms with Crippen LogP contribution in [-0.2, 0) is 4.79 Å². The molecule has 152 valence electrons. The fourth-order valence-electron chi connectivity index (χ4n) is 2.44. The van der Waals surface area contributed by atoms with Gasteiger partial charge in [-0.05, 0) is 18.2 Å². The summed E-state index contributed by atoms with van der Waals surface area (Å²) in [6, 6.07) is 4.15. The highest BCUT2D eigenvalue weighted by atomic mass is 19.1. The minimum absolute atomic E-state index is 0.0306. The van der Waals surface area contributed by atoms with Gasteiger partial charge in [0, 0.05) is 38.7 Å². The summed E-state index contributed by atoms with van der Waals surface area (Å²) >= 11 is 0. The maximum absolute atomic E-state index is 13.7. The summed E-state index contributed by atoms with van der Waals surface area (Å²) in [5.41, 5.74) is 0.672. The van der Waals surface area contributed by atoms with Crippen LogP contribution in [0.15, 0.2) is 22.7 Å². The van der Waals surface area contributed by atoms with Crippen LogP contribution in [0.1, 0.15) is 24.2 Å². The molecule has 2 rings (SSSR count). The zero-order chi connectivity index (χ0) is 20.8. The Hall–Kier alpha value is -3.10. The molecule has 1 aromatic carbocycles. The van der Waals surface area contributed by atoms with Crippen molar-refractivity contribution in [1.29, 1.82) is 0 Å². The van der Waals surface area contributed by atoms with E-state index in [1.165, 1.54) is 25.3 Å². The zero-order valence-corrected chi connectivity index (χ0v) is 16.6. The van der Waals surface area contributed by atoms with Crippen molar-refractivity contribution in [2.75, 3.05) is 39.2 Å². The summed E-state index contributed by atoms with van der Waals surface area (Å²) in [6.45, 7) is 4.11.